The lowest BCUT2D eigenvalue weighted by atomic mass is 10.1. The van der Waals surface area contributed by atoms with Crippen LogP contribution in [0.25, 0.3) is 10.9 Å². The van der Waals surface area contributed by atoms with Crippen molar-refractivity contribution in [2.24, 2.45) is 7.05 Å². The first-order chi connectivity index (χ1) is 11.1. The second kappa shape index (κ2) is 6.56. The Labute approximate surface area is 139 Å². The molecule has 3 aromatic rings. The van der Waals surface area contributed by atoms with Gasteiger partial charge in [-0.05, 0) is 30.0 Å². The summed E-state index contributed by atoms with van der Waals surface area (Å²) in [6, 6.07) is 12.0. The van der Waals surface area contributed by atoms with Crippen molar-refractivity contribution in [2.45, 2.75) is 13.5 Å². The van der Waals surface area contributed by atoms with E-state index in [1.165, 1.54) is 0 Å². The number of hydrogen-bond acceptors (Lipinski definition) is 3. The third-order valence-corrected chi connectivity index (χ3v) is 5.01. The van der Waals surface area contributed by atoms with Gasteiger partial charge in [0, 0.05) is 29.4 Å². The number of hydrogen-bond donors (Lipinski definition) is 1. The molecule has 120 valence electrons. The van der Waals surface area contributed by atoms with Crippen LogP contribution >= 0.6 is 11.3 Å². The number of para-hydroxylation sites is 1. The van der Waals surface area contributed by atoms with E-state index in [0.717, 1.165) is 21.3 Å². The van der Waals surface area contributed by atoms with Gasteiger partial charge in [0.25, 0.3) is 5.91 Å². The van der Waals surface area contributed by atoms with E-state index < -0.39 is 0 Å². The molecule has 1 aromatic carbocycles. The van der Waals surface area contributed by atoms with E-state index in [4.69, 9.17) is 0 Å². The Morgan fingerprint density at radius 1 is 1.26 bits per heavy atom. The van der Waals surface area contributed by atoms with Gasteiger partial charge < -0.3 is 14.6 Å². The first kappa shape index (κ1) is 15.8. The van der Waals surface area contributed by atoms with Gasteiger partial charge in [0.05, 0.1) is 13.2 Å². The molecule has 0 aliphatic rings. The predicted octanol–water partition coefficient (Wildman–Crippen LogP) is 3.18. The van der Waals surface area contributed by atoms with Crippen LogP contribution in [0.2, 0.25) is 0 Å². The van der Waals surface area contributed by atoms with E-state index in [2.05, 4.69) is 0 Å². The minimum atomic E-state index is -0.0416. The summed E-state index contributed by atoms with van der Waals surface area (Å²) in [5.41, 5.74) is 2.73. The second-order valence-corrected chi connectivity index (χ2v) is 6.61. The zero-order chi connectivity index (χ0) is 16.4. The van der Waals surface area contributed by atoms with Crippen LogP contribution in [0, 0.1) is 6.92 Å². The van der Waals surface area contributed by atoms with Gasteiger partial charge in [-0.2, -0.15) is 0 Å². The Kier molecular flexibility index (Phi) is 4.50. The lowest BCUT2D eigenvalue weighted by Crippen LogP contribution is -2.34. The number of aryl methyl sites for hydroxylation is 2. The largest absolute Gasteiger partial charge is 0.395 e. The molecule has 0 aliphatic heterocycles. The maximum absolute atomic E-state index is 13.1. The quantitative estimate of drug-likeness (QED) is 0.782. The summed E-state index contributed by atoms with van der Waals surface area (Å²) in [6.07, 6.45) is 0. The fourth-order valence-corrected chi connectivity index (χ4v) is 3.72. The van der Waals surface area contributed by atoms with Crippen LogP contribution in [0.4, 0.5) is 0 Å². The molecule has 3 rings (SSSR count). The van der Waals surface area contributed by atoms with Gasteiger partial charge in [0.15, 0.2) is 0 Å². The van der Waals surface area contributed by atoms with Crippen LogP contribution in [0.3, 0.4) is 0 Å². The number of carbonyl (C=O) groups excluding carboxylic acids is 1. The molecule has 0 radical (unpaired) electrons. The molecule has 0 saturated carbocycles. The van der Waals surface area contributed by atoms with Crippen LogP contribution < -0.4 is 0 Å². The maximum atomic E-state index is 13.1. The van der Waals surface area contributed by atoms with E-state index in [-0.39, 0.29) is 12.5 Å². The molecular weight excluding hydrogens is 308 g/mol. The summed E-state index contributed by atoms with van der Waals surface area (Å²) in [5.74, 6) is -0.0383. The van der Waals surface area contributed by atoms with E-state index >= 15 is 0 Å². The monoisotopic (exact) mass is 328 g/mol. The van der Waals surface area contributed by atoms with Crippen molar-refractivity contribution in [3.05, 3.63) is 57.9 Å². The smallest absolute Gasteiger partial charge is 0.271 e. The van der Waals surface area contributed by atoms with Crippen molar-refractivity contribution < 1.29 is 9.90 Å². The number of carbonyl (C=O) groups is 1. The Hall–Kier alpha value is -2.11. The molecule has 4 nitrogen and oxygen atoms in total. The lowest BCUT2D eigenvalue weighted by molar-refractivity contribution is 0.0700. The highest BCUT2D eigenvalue weighted by Gasteiger charge is 2.23. The normalized spacial score (nSPS) is 11.1. The molecule has 0 unspecified atom stereocenters. The van der Waals surface area contributed by atoms with Crippen LogP contribution in [-0.4, -0.2) is 33.6 Å². The van der Waals surface area contributed by atoms with Gasteiger partial charge in [-0.15, -0.1) is 11.3 Å². The highest BCUT2D eigenvalue weighted by atomic mass is 32.1. The summed E-state index contributed by atoms with van der Waals surface area (Å²) in [6.45, 7) is 2.80. The highest BCUT2D eigenvalue weighted by molar-refractivity contribution is 7.09. The van der Waals surface area contributed by atoms with Gasteiger partial charge >= 0.3 is 0 Å². The van der Waals surface area contributed by atoms with Crippen molar-refractivity contribution in [1.29, 1.82) is 0 Å². The molecule has 0 spiro atoms. The minimum Gasteiger partial charge on any atom is -0.395 e. The average molecular weight is 328 g/mol. The molecule has 0 atom stereocenters. The van der Waals surface area contributed by atoms with Crippen molar-refractivity contribution in [3.63, 3.8) is 0 Å². The average Bonchev–Trinajstić information content (AvgIpc) is 3.15. The minimum absolute atomic E-state index is 0.0383. The fraction of sp³-hybridized carbons (Fsp3) is 0.278. The zero-order valence-corrected chi connectivity index (χ0v) is 14.1. The number of benzene rings is 1. The van der Waals surface area contributed by atoms with E-state index in [9.17, 15) is 9.90 Å². The molecule has 5 heteroatoms. The molecule has 2 aromatic heterocycles. The highest BCUT2D eigenvalue weighted by Crippen LogP contribution is 2.26. The topological polar surface area (TPSA) is 45.5 Å². The third kappa shape index (κ3) is 2.90. The molecule has 1 N–H and O–H groups in total. The molecule has 0 bridgehead atoms. The zero-order valence-electron chi connectivity index (χ0n) is 13.3. The van der Waals surface area contributed by atoms with Gasteiger partial charge in [0.2, 0.25) is 0 Å². The molecule has 2 heterocycles. The van der Waals surface area contributed by atoms with Crippen LogP contribution in [-0.2, 0) is 13.6 Å². The standard InChI is InChI=1S/C18H20N2O2S/c1-13-15-7-3-4-8-16(15)19(2)17(13)18(22)20(9-10-21)12-14-6-5-11-23-14/h3-8,11,21H,9-10,12H2,1-2H3. The Morgan fingerprint density at radius 3 is 2.70 bits per heavy atom. The number of nitrogens with zero attached hydrogens (tertiary/aromatic N) is 2. The SMILES string of the molecule is Cc1c(C(=O)N(CCO)Cc2cccs2)n(C)c2ccccc12. The van der Waals surface area contributed by atoms with Crippen molar-refractivity contribution in [3.8, 4) is 0 Å². The van der Waals surface area contributed by atoms with Crippen LogP contribution in [0.1, 0.15) is 20.9 Å². The summed E-state index contributed by atoms with van der Waals surface area (Å²) in [7, 11) is 1.92. The third-order valence-electron chi connectivity index (χ3n) is 4.15. The number of aliphatic hydroxyl groups is 1. The number of aliphatic hydroxyl groups excluding tert-OH is 1. The Bertz CT molecular complexity index is 782. The van der Waals surface area contributed by atoms with Crippen molar-refractivity contribution >= 4 is 28.1 Å². The van der Waals surface area contributed by atoms with Crippen molar-refractivity contribution in [2.75, 3.05) is 13.2 Å². The van der Waals surface area contributed by atoms with Gasteiger partial charge in [0.1, 0.15) is 5.69 Å². The number of rotatable bonds is 5. The molecule has 0 aliphatic carbocycles. The molecule has 0 saturated heterocycles. The number of amides is 1. The summed E-state index contributed by atoms with van der Waals surface area (Å²) in [4.78, 5) is 15.9. The van der Waals surface area contributed by atoms with Gasteiger partial charge in [-0.25, -0.2) is 0 Å². The summed E-state index contributed by atoms with van der Waals surface area (Å²) >= 11 is 1.62. The van der Waals surface area contributed by atoms with Crippen LogP contribution in [0.5, 0.6) is 0 Å². The fourth-order valence-electron chi connectivity index (χ4n) is 3.00. The van der Waals surface area contributed by atoms with E-state index in [1.807, 2.05) is 60.3 Å². The summed E-state index contributed by atoms with van der Waals surface area (Å²) < 4.78 is 1.95. The molecular formula is C18H20N2O2S. The Morgan fingerprint density at radius 2 is 2.04 bits per heavy atom. The Balaban J connectivity index is 2.00. The van der Waals surface area contributed by atoms with E-state index in [1.54, 1.807) is 16.2 Å². The van der Waals surface area contributed by atoms with Gasteiger partial charge in [-0.1, -0.05) is 24.3 Å². The van der Waals surface area contributed by atoms with Gasteiger partial charge in [-0.3, -0.25) is 4.79 Å². The number of fused-ring (bicyclic) bond motifs is 1. The first-order valence-corrected chi connectivity index (χ1v) is 8.48. The molecule has 1 amide bonds. The van der Waals surface area contributed by atoms with Crippen LogP contribution in [0.15, 0.2) is 41.8 Å². The number of aromatic nitrogens is 1. The predicted molar refractivity (Wildman–Crippen MR) is 93.8 cm³/mol. The van der Waals surface area contributed by atoms with Crippen molar-refractivity contribution in [1.82, 2.24) is 9.47 Å². The summed E-state index contributed by atoms with van der Waals surface area (Å²) in [5, 5.41) is 12.4. The van der Waals surface area contributed by atoms with E-state index in [0.29, 0.717) is 18.8 Å². The lowest BCUT2D eigenvalue weighted by Gasteiger charge is -2.22. The first-order valence-electron chi connectivity index (χ1n) is 7.60. The molecule has 23 heavy (non-hydrogen) atoms. The number of thiophene rings is 1. The molecule has 0 fully saturated rings. The second-order valence-electron chi connectivity index (χ2n) is 5.58. The maximum Gasteiger partial charge on any atom is 0.271 e.